The Labute approximate surface area is 175 Å². The molecule has 0 bridgehead atoms. The number of hydrogen-bond donors (Lipinski definition) is 3. The first-order chi connectivity index (χ1) is 14.5. The van der Waals surface area contributed by atoms with Crippen LogP contribution >= 0.6 is 0 Å². The molecule has 30 heavy (non-hydrogen) atoms. The van der Waals surface area contributed by atoms with Gasteiger partial charge in [-0.25, -0.2) is 4.79 Å². The van der Waals surface area contributed by atoms with Crippen LogP contribution < -0.4 is 10.6 Å². The molecule has 4 rings (SSSR count). The quantitative estimate of drug-likeness (QED) is 0.675. The Bertz CT molecular complexity index is 870. The predicted molar refractivity (Wildman–Crippen MR) is 111 cm³/mol. The second kappa shape index (κ2) is 8.87. The largest absolute Gasteiger partial charge is 0.446 e. The van der Waals surface area contributed by atoms with Gasteiger partial charge in [-0.05, 0) is 31.2 Å². The van der Waals surface area contributed by atoms with E-state index in [-0.39, 0.29) is 17.9 Å². The number of carbonyl (C=O) groups is 2. The molecule has 2 amide bonds. The van der Waals surface area contributed by atoms with Crippen molar-refractivity contribution in [3.05, 3.63) is 47.7 Å². The van der Waals surface area contributed by atoms with Gasteiger partial charge in [0.15, 0.2) is 5.82 Å². The number of benzene rings is 1. The summed E-state index contributed by atoms with van der Waals surface area (Å²) >= 11 is 0. The number of nitrogens with one attached hydrogen (secondary N) is 3. The summed E-state index contributed by atoms with van der Waals surface area (Å²) in [4.78, 5) is 24.6. The molecule has 0 radical (unpaired) electrons. The van der Waals surface area contributed by atoms with Crippen molar-refractivity contribution in [3.8, 4) is 0 Å². The number of nitrogens with zero attached hydrogens (tertiary/aromatic N) is 1. The first-order valence-corrected chi connectivity index (χ1v) is 10.4. The standard InChI is InChI=1S/C22H28N4O4/c1-22(7-9-29-10-8-22)20(27)24-19-13-18(25-26-19)16-11-17(12-16)30-21(28)23-14-15-5-3-2-4-6-15/h2-6,13,16-17H,7-12,14H2,1H3,(H,23,28)(H2,24,25,26,27). The highest BCUT2D eigenvalue weighted by Gasteiger charge is 2.37. The van der Waals surface area contributed by atoms with Gasteiger partial charge in [0.25, 0.3) is 0 Å². The van der Waals surface area contributed by atoms with Crippen LogP contribution in [0.15, 0.2) is 36.4 Å². The third-order valence-electron chi connectivity index (χ3n) is 6.07. The number of carbonyl (C=O) groups excluding carboxylic acids is 2. The minimum absolute atomic E-state index is 0.0197. The number of aromatic amines is 1. The third-order valence-corrected chi connectivity index (χ3v) is 6.07. The van der Waals surface area contributed by atoms with Crippen LogP contribution in [0.1, 0.15) is 49.8 Å². The molecule has 8 heteroatoms. The molecule has 160 valence electrons. The highest BCUT2D eigenvalue weighted by molar-refractivity contribution is 5.94. The van der Waals surface area contributed by atoms with Crippen molar-refractivity contribution >= 4 is 17.8 Å². The topological polar surface area (TPSA) is 105 Å². The second-order valence-corrected chi connectivity index (χ2v) is 8.37. The van der Waals surface area contributed by atoms with Gasteiger partial charge in [0, 0.05) is 37.4 Å². The second-order valence-electron chi connectivity index (χ2n) is 8.37. The fraction of sp³-hybridized carbons (Fsp3) is 0.500. The van der Waals surface area contributed by atoms with E-state index in [1.165, 1.54) is 0 Å². The zero-order chi connectivity index (χ0) is 21.0. The monoisotopic (exact) mass is 412 g/mol. The molecule has 2 aromatic rings. The lowest BCUT2D eigenvalue weighted by Crippen LogP contribution is -2.38. The number of H-pyrrole nitrogens is 1. The van der Waals surface area contributed by atoms with Crippen LogP contribution in [-0.2, 0) is 20.8 Å². The maximum absolute atomic E-state index is 12.6. The number of rotatable bonds is 6. The van der Waals surface area contributed by atoms with Crippen molar-refractivity contribution in [1.29, 1.82) is 0 Å². The van der Waals surface area contributed by atoms with Gasteiger partial charge in [-0.3, -0.25) is 9.89 Å². The molecule has 0 unspecified atom stereocenters. The van der Waals surface area contributed by atoms with Gasteiger partial charge in [0.2, 0.25) is 5.91 Å². The molecule has 2 heterocycles. The lowest BCUT2D eigenvalue weighted by atomic mass is 9.80. The van der Waals surface area contributed by atoms with Crippen LogP contribution in [0.5, 0.6) is 0 Å². The average molecular weight is 412 g/mol. The summed E-state index contributed by atoms with van der Waals surface area (Å²) in [6.45, 7) is 3.63. The van der Waals surface area contributed by atoms with Crippen molar-refractivity contribution in [3.63, 3.8) is 0 Å². The molecule has 2 fully saturated rings. The van der Waals surface area contributed by atoms with E-state index >= 15 is 0 Å². The summed E-state index contributed by atoms with van der Waals surface area (Å²) in [6, 6.07) is 11.6. The molecular weight excluding hydrogens is 384 g/mol. The lowest BCUT2D eigenvalue weighted by Gasteiger charge is -2.33. The molecule has 1 aromatic heterocycles. The smallest absolute Gasteiger partial charge is 0.407 e. The van der Waals surface area contributed by atoms with E-state index in [9.17, 15) is 9.59 Å². The summed E-state index contributed by atoms with van der Waals surface area (Å²) in [5, 5.41) is 12.9. The normalized spacial score (nSPS) is 22.6. The van der Waals surface area contributed by atoms with E-state index in [0.717, 1.165) is 24.1 Å². The molecule has 1 aliphatic carbocycles. The maximum Gasteiger partial charge on any atom is 0.407 e. The SMILES string of the molecule is CC1(C(=O)Nc2cc(C3CC(OC(=O)NCc4ccccc4)C3)[nH]n2)CCOCC1. The Morgan fingerprint density at radius 3 is 2.70 bits per heavy atom. The molecule has 3 N–H and O–H groups in total. The molecule has 2 aliphatic rings. The number of aromatic nitrogens is 2. The van der Waals surface area contributed by atoms with E-state index in [2.05, 4.69) is 20.8 Å². The van der Waals surface area contributed by atoms with Crippen molar-refractivity contribution in [2.24, 2.45) is 5.41 Å². The minimum atomic E-state index is -0.417. The number of ether oxygens (including phenoxy) is 2. The molecule has 0 atom stereocenters. The number of alkyl carbamates (subject to hydrolysis) is 1. The van der Waals surface area contributed by atoms with E-state index in [4.69, 9.17) is 9.47 Å². The van der Waals surface area contributed by atoms with Crippen LogP contribution in [0.4, 0.5) is 10.6 Å². The third kappa shape index (κ3) is 4.81. The Balaban J connectivity index is 1.20. The number of anilines is 1. The van der Waals surface area contributed by atoms with Gasteiger partial charge in [-0.1, -0.05) is 37.3 Å². The summed E-state index contributed by atoms with van der Waals surface area (Å²) in [7, 11) is 0. The van der Waals surface area contributed by atoms with Gasteiger partial charge in [-0.2, -0.15) is 5.10 Å². The molecular formula is C22H28N4O4. The van der Waals surface area contributed by atoms with E-state index in [0.29, 0.717) is 38.4 Å². The Morgan fingerprint density at radius 2 is 1.97 bits per heavy atom. The van der Waals surface area contributed by atoms with Crippen molar-refractivity contribution in [2.45, 2.75) is 51.2 Å². The van der Waals surface area contributed by atoms with Gasteiger partial charge < -0.3 is 20.1 Å². The minimum Gasteiger partial charge on any atom is -0.446 e. The van der Waals surface area contributed by atoms with E-state index < -0.39 is 11.5 Å². The average Bonchev–Trinajstić information content (AvgIpc) is 3.18. The van der Waals surface area contributed by atoms with Crippen molar-refractivity contribution in [2.75, 3.05) is 18.5 Å². The van der Waals surface area contributed by atoms with E-state index in [1.807, 2.05) is 43.3 Å². The zero-order valence-corrected chi connectivity index (χ0v) is 17.1. The lowest BCUT2D eigenvalue weighted by molar-refractivity contribution is -0.129. The van der Waals surface area contributed by atoms with Crippen molar-refractivity contribution in [1.82, 2.24) is 15.5 Å². The summed E-state index contributed by atoms with van der Waals surface area (Å²) in [5.41, 5.74) is 1.56. The summed E-state index contributed by atoms with van der Waals surface area (Å²) in [6.07, 6.45) is 2.40. The van der Waals surface area contributed by atoms with Crippen LogP contribution in [0.2, 0.25) is 0 Å². The highest BCUT2D eigenvalue weighted by atomic mass is 16.6. The highest BCUT2D eigenvalue weighted by Crippen LogP contribution is 2.39. The first kappa shape index (κ1) is 20.4. The first-order valence-electron chi connectivity index (χ1n) is 10.4. The molecule has 1 aliphatic heterocycles. The van der Waals surface area contributed by atoms with Crippen LogP contribution in [0.25, 0.3) is 0 Å². The Morgan fingerprint density at radius 1 is 1.23 bits per heavy atom. The van der Waals surface area contributed by atoms with Crippen LogP contribution in [0, 0.1) is 5.41 Å². The fourth-order valence-corrected chi connectivity index (χ4v) is 3.80. The van der Waals surface area contributed by atoms with Gasteiger partial charge in [-0.15, -0.1) is 0 Å². The van der Waals surface area contributed by atoms with Crippen LogP contribution in [-0.4, -0.2) is 41.5 Å². The predicted octanol–water partition coefficient (Wildman–Crippen LogP) is 3.34. The van der Waals surface area contributed by atoms with Crippen LogP contribution in [0.3, 0.4) is 0 Å². The molecule has 1 saturated heterocycles. The van der Waals surface area contributed by atoms with Gasteiger partial charge in [0.1, 0.15) is 6.10 Å². The number of hydrogen-bond acceptors (Lipinski definition) is 5. The molecule has 8 nitrogen and oxygen atoms in total. The molecule has 0 spiro atoms. The van der Waals surface area contributed by atoms with Gasteiger partial charge >= 0.3 is 6.09 Å². The van der Waals surface area contributed by atoms with Gasteiger partial charge in [0.05, 0.1) is 5.41 Å². The fourth-order valence-electron chi connectivity index (χ4n) is 3.80. The van der Waals surface area contributed by atoms with Crippen molar-refractivity contribution < 1.29 is 19.1 Å². The summed E-state index contributed by atoms with van der Waals surface area (Å²) in [5.74, 6) is 0.759. The molecule has 1 aromatic carbocycles. The molecule has 1 saturated carbocycles. The maximum atomic E-state index is 12.6. The Hall–Kier alpha value is -2.87. The Kier molecular flexibility index (Phi) is 6.03. The summed E-state index contributed by atoms with van der Waals surface area (Å²) < 4.78 is 10.8. The zero-order valence-electron chi connectivity index (χ0n) is 17.1. The number of amides is 2. The van der Waals surface area contributed by atoms with E-state index in [1.54, 1.807) is 0 Å².